The van der Waals surface area contributed by atoms with Gasteiger partial charge in [-0.3, -0.25) is 14.3 Å². The molecule has 0 spiro atoms. The average Bonchev–Trinajstić information content (AvgIpc) is 2.51. The molecule has 0 saturated carbocycles. The number of halogens is 1. The van der Waals surface area contributed by atoms with Crippen LogP contribution in [0.1, 0.15) is 14.5 Å². The van der Waals surface area contributed by atoms with Crippen LogP contribution in [0.2, 0.25) is 0 Å². The molecule has 2 rings (SSSR count). The monoisotopic (exact) mass is 261 g/mol. The topological polar surface area (TPSA) is 105 Å². The Hall–Kier alpha value is -1.51. The van der Waals surface area contributed by atoms with Crippen molar-refractivity contribution in [1.29, 1.82) is 0 Å². The van der Waals surface area contributed by atoms with Crippen molar-refractivity contribution in [3.8, 4) is 0 Å². The molecule has 18 heavy (non-hydrogen) atoms. The number of aromatic amines is 1. The Morgan fingerprint density at radius 3 is 2.89 bits per heavy atom. The summed E-state index contributed by atoms with van der Waals surface area (Å²) in [7, 11) is 0. The first-order chi connectivity index (χ1) is 8.72. The predicted molar refractivity (Wildman–Crippen MR) is 57.8 cm³/mol. The average molecular weight is 261 g/mol. The summed E-state index contributed by atoms with van der Waals surface area (Å²) in [5, 5.41) is 18.7. The predicted octanol–water partition coefficient (Wildman–Crippen LogP) is -1.48. The van der Waals surface area contributed by atoms with Crippen LogP contribution in [0.15, 0.2) is 21.9 Å². The molecular weight excluding hydrogens is 247 g/mol. The highest BCUT2D eigenvalue weighted by molar-refractivity contribution is 5.01. The highest BCUT2D eigenvalue weighted by Gasteiger charge is 2.54. The first-order valence-electron chi connectivity index (χ1n) is 5.69. The fraction of sp³-hybridized carbons (Fsp3) is 0.600. The van der Waals surface area contributed by atoms with Crippen LogP contribution in [0, 0.1) is 0 Å². The van der Waals surface area contributed by atoms with Gasteiger partial charge < -0.3 is 14.9 Å². The zero-order valence-corrected chi connectivity index (χ0v) is 9.46. The van der Waals surface area contributed by atoms with E-state index in [1.807, 2.05) is 4.98 Å². The number of ether oxygens (including phenoxy) is 1. The quantitative estimate of drug-likeness (QED) is 0.602. The van der Waals surface area contributed by atoms with Crippen molar-refractivity contribution in [2.75, 3.05) is 6.61 Å². The first kappa shape index (κ1) is 11.6. The van der Waals surface area contributed by atoms with Gasteiger partial charge in [0.1, 0.15) is 12.2 Å². The molecule has 0 unspecified atom stereocenters. The summed E-state index contributed by atoms with van der Waals surface area (Å²) >= 11 is 0. The van der Waals surface area contributed by atoms with Gasteiger partial charge in [0, 0.05) is 12.3 Å². The minimum atomic E-state index is -2.48. The van der Waals surface area contributed by atoms with Crippen molar-refractivity contribution >= 4 is 0 Å². The van der Waals surface area contributed by atoms with Crippen LogP contribution in [0.3, 0.4) is 0 Å². The lowest BCUT2D eigenvalue weighted by Gasteiger charge is -2.24. The molecule has 0 aliphatic carbocycles. The maximum atomic E-state index is 14.5. The second-order valence-electron chi connectivity index (χ2n) is 4.17. The summed E-state index contributed by atoms with van der Waals surface area (Å²) in [4.78, 5) is 24.4. The number of nitrogens with zero attached hydrogens (tertiary/aromatic N) is 1. The second kappa shape index (κ2) is 4.30. The Kier molecular flexibility index (Phi) is 2.77. The number of nitrogens with one attached hydrogen (secondary N) is 1. The zero-order chi connectivity index (χ0) is 14.4. The number of aliphatic hydroxyl groups is 2. The van der Waals surface area contributed by atoms with Gasteiger partial charge in [-0.1, -0.05) is 0 Å². The molecule has 1 aromatic heterocycles. The number of hydrogen-bond acceptors (Lipinski definition) is 5. The summed E-state index contributed by atoms with van der Waals surface area (Å²) in [6.45, 7) is 0.00805. The van der Waals surface area contributed by atoms with Gasteiger partial charge in [0.25, 0.3) is 5.56 Å². The van der Waals surface area contributed by atoms with Crippen LogP contribution in [-0.2, 0) is 4.74 Å². The Morgan fingerprint density at radius 1 is 1.72 bits per heavy atom. The minimum absolute atomic E-state index is 0.667. The van der Waals surface area contributed by atoms with E-state index in [9.17, 15) is 19.1 Å². The number of H-pyrrole nitrogens is 1. The second-order valence-corrected chi connectivity index (χ2v) is 4.17. The molecular formula is C10H13FN2O5. The molecule has 1 aliphatic rings. The van der Waals surface area contributed by atoms with Crippen LogP contribution in [-0.4, -0.2) is 44.2 Å². The third-order valence-electron chi connectivity index (χ3n) is 2.85. The van der Waals surface area contributed by atoms with Crippen molar-refractivity contribution in [2.24, 2.45) is 0 Å². The molecule has 1 aliphatic heterocycles. The molecule has 0 amide bonds. The van der Waals surface area contributed by atoms with Gasteiger partial charge in [-0.15, -0.1) is 0 Å². The van der Waals surface area contributed by atoms with E-state index < -0.39 is 41.9 Å². The van der Waals surface area contributed by atoms with Crippen LogP contribution < -0.4 is 11.2 Å². The smallest absolute Gasteiger partial charge is 0.330 e. The molecule has 100 valence electrons. The number of aromatic nitrogens is 2. The summed E-state index contributed by atoms with van der Waals surface area (Å²) in [5.74, 6) is 0. The zero-order valence-electron chi connectivity index (χ0n) is 10.5. The minimum Gasteiger partial charge on any atom is -0.394 e. The van der Waals surface area contributed by atoms with Gasteiger partial charge in [0.05, 0.1) is 7.98 Å². The lowest BCUT2D eigenvalue weighted by Crippen LogP contribution is -2.43. The molecule has 7 nitrogen and oxygen atoms in total. The molecule has 0 radical (unpaired) electrons. The van der Waals surface area contributed by atoms with Gasteiger partial charge >= 0.3 is 5.69 Å². The Bertz CT molecular complexity index is 600. The van der Waals surface area contributed by atoms with E-state index in [2.05, 4.69) is 0 Å². The Morgan fingerprint density at radius 2 is 2.39 bits per heavy atom. The lowest BCUT2D eigenvalue weighted by molar-refractivity contribution is -0.0611. The van der Waals surface area contributed by atoms with E-state index in [0.29, 0.717) is 0 Å². The van der Waals surface area contributed by atoms with Crippen molar-refractivity contribution in [1.82, 2.24) is 9.55 Å². The summed E-state index contributed by atoms with van der Waals surface area (Å²) < 4.78 is 27.8. The summed E-state index contributed by atoms with van der Waals surface area (Å²) in [6.07, 6.45) is -4.85. The lowest BCUT2D eigenvalue weighted by atomic mass is 9.98. The fourth-order valence-corrected chi connectivity index (χ4v) is 1.84. The SMILES string of the molecule is [2H][C@]1(CO)O[C@@H](n2ccc(=O)[nH]c2=O)[C@](C)(F)[C@@H]1O. The third kappa shape index (κ3) is 1.88. The van der Waals surface area contributed by atoms with Crippen molar-refractivity contribution in [3.63, 3.8) is 0 Å². The summed E-state index contributed by atoms with van der Waals surface area (Å²) in [5.41, 5.74) is -4.08. The fourth-order valence-electron chi connectivity index (χ4n) is 1.84. The molecule has 1 aromatic rings. The molecule has 0 aromatic carbocycles. The number of aliphatic hydroxyl groups excluding tert-OH is 2. The van der Waals surface area contributed by atoms with Gasteiger partial charge in [-0.2, -0.15) is 0 Å². The van der Waals surface area contributed by atoms with Gasteiger partial charge in [0.2, 0.25) is 0 Å². The molecule has 3 N–H and O–H groups in total. The molecule has 2 heterocycles. The molecule has 0 bridgehead atoms. The van der Waals surface area contributed by atoms with Crippen LogP contribution in [0.5, 0.6) is 0 Å². The van der Waals surface area contributed by atoms with Gasteiger partial charge in [0.15, 0.2) is 11.9 Å². The third-order valence-corrected chi connectivity index (χ3v) is 2.85. The largest absolute Gasteiger partial charge is 0.394 e. The van der Waals surface area contributed by atoms with Gasteiger partial charge in [-0.25, -0.2) is 9.18 Å². The van der Waals surface area contributed by atoms with Crippen LogP contribution in [0.4, 0.5) is 4.39 Å². The Labute approximate surface area is 102 Å². The number of rotatable bonds is 2. The number of hydrogen-bond donors (Lipinski definition) is 3. The first-order valence-corrected chi connectivity index (χ1v) is 5.19. The van der Waals surface area contributed by atoms with E-state index in [0.717, 1.165) is 23.8 Å². The van der Waals surface area contributed by atoms with E-state index in [1.165, 1.54) is 0 Å². The van der Waals surface area contributed by atoms with E-state index in [-0.39, 0.29) is 0 Å². The standard InChI is InChI=1S/C10H13FN2O5/c1-10(11)7(16)5(4-14)18-8(10)13-3-2-6(15)12-9(13)17/h2-3,5,7-8,14,16H,4H2,1H3,(H,12,15,17)/t5-,7-,8-,10-/m1/s1/i5D. The maximum absolute atomic E-state index is 14.5. The normalized spacial score (nSPS) is 40.8. The van der Waals surface area contributed by atoms with Crippen molar-refractivity contribution < 1.29 is 20.7 Å². The number of alkyl halides is 1. The van der Waals surface area contributed by atoms with Crippen molar-refractivity contribution in [2.45, 2.75) is 31.0 Å². The van der Waals surface area contributed by atoms with E-state index in [4.69, 9.17) is 11.2 Å². The van der Waals surface area contributed by atoms with Crippen LogP contribution >= 0.6 is 0 Å². The molecule has 1 saturated heterocycles. The molecule has 8 heteroatoms. The van der Waals surface area contributed by atoms with E-state index in [1.54, 1.807) is 0 Å². The van der Waals surface area contributed by atoms with Crippen molar-refractivity contribution in [3.05, 3.63) is 33.1 Å². The highest BCUT2D eigenvalue weighted by Crippen LogP contribution is 2.40. The Balaban J connectivity index is 2.51. The van der Waals surface area contributed by atoms with Crippen LogP contribution in [0.25, 0.3) is 0 Å². The molecule has 1 fully saturated rings. The summed E-state index contributed by atoms with van der Waals surface area (Å²) in [6, 6.07) is 0.982. The van der Waals surface area contributed by atoms with Gasteiger partial charge in [-0.05, 0) is 6.92 Å². The molecule has 4 atom stereocenters. The maximum Gasteiger partial charge on any atom is 0.330 e. The van der Waals surface area contributed by atoms with E-state index >= 15 is 0 Å². The highest BCUT2D eigenvalue weighted by atomic mass is 19.1.